The summed E-state index contributed by atoms with van der Waals surface area (Å²) in [7, 11) is -1.05. The second-order valence-electron chi connectivity index (χ2n) is 7.12. The molecule has 0 fully saturated rings. The number of halogens is 1. The van der Waals surface area contributed by atoms with Crippen LogP contribution in [0.4, 0.5) is 0 Å². The quantitative estimate of drug-likeness (QED) is 0.436. The van der Waals surface area contributed by atoms with Crippen molar-refractivity contribution in [2.24, 2.45) is 0 Å². The standard InChI is InChI=1S/C22H22ClN3O6S/c1-32-10-9-25-13-19(21(28)26(22(25)29)18-4-2-3-17(23)11-18)20(27)24-12-15-5-7-16(8-6-15)14-33(30)31/h2-8,11,13,33H,9-10,12,14H2,1H3,(H,24,27). The predicted octanol–water partition coefficient (Wildman–Crippen LogP) is 1.34. The molecular weight excluding hydrogens is 470 g/mol. The highest BCUT2D eigenvalue weighted by Gasteiger charge is 2.18. The SMILES string of the molecule is COCCn1cc(C(=O)NCc2ccc(C[SH](=O)=O)cc2)c(=O)n(-c2cccc(Cl)c2)c1=O. The van der Waals surface area contributed by atoms with Gasteiger partial charge in [0.2, 0.25) is 0 Å². The van der Waals surface area contributed by atoms with Gasteiger partial charge in [0, 0.05) is 24.9 Å². The van der Waals surface area contributed by atoms with Gasteiger partial charge >= 0.3 is 5.69 Å². The number of carbonyl (C=O) groups is 1. The van der Waals surface area contributed by atoms with Crippen LogP contribution in [0.25, 0.3) is 5.69 Å². The molecule has 0 aliphatic carbocycles. The smallest absolute Gasteiger partial charge is 0.335 e. The van der Waals surface area contributed by atoms with Crippen LogP contribution in [0.1, 0.15) is 21.5 Å². The van der Waals surface area contributed by atoms with Gasteiger partial charge in [-0.05, 0) is 29.3 Å². The average molecular weight is 492 g/mol. The number of methoxy groups -OCH3 is 1. The summed E-state index contributed by atoms with van der Waals surface area (Å²) in [6.07, 6.45) is 1.22. The predicted molar refractivity (Wildman–Crippen MR) is 125 cm³/mol. The van der Waals surface area contributed by atoms with Crippen molar-refractivity contribution in [3.05, 3.63) is 97.3 Å². The molecule has 0 saturated heterocycles. The lowest BCUT2D eigenvalue weighted by Crippen LogP contribution is -2.43. The number of benzene rings is 2. The largest absolute Gasteiger partial charge is 0.383 e. The molecule has 3 aromatic rings. The molecule has 2 aromatic carbocycles. The second-order valence-corrected chi connectivity index (χ2v) is 8.54. The number of amides is 1. The van der Waals surface area contributed by atoms with Crippen LogP contribution in [0, 0.1) is 0 Å². The van der Waals surface area contributed by atoms with Crippen LogP contribution in [-0.2, 0) is 34.3 Å². The minimum atomic E-state index is -2.53. The molecule has 0 aliphatic heterocycles. The molecule has 3 rings (SSSR count). The molecule has 0 spiro atoms. The second kappa shape index (κ2) is 11.1. The van der Waals surface area contributed by atoms with Crippen molar-refractivity contribution in [1.29, 1.82) is 0 Å². The summed E-state index contributed by atoms with van der Waals surface area (Å²) in [5.74, 6) is -0.720. The van der Waals surface area contributed by atoms with E-state index in [1.54, 1.807) is 42.5 Å². The first-order chi connectivity index (χ1) is 15.8. The Balaban J connectivity index is 1.92. The Morgan fingerprint density at radius 3 is 2.42 bits per heavy atom. The van der Waals surface area contributed by atoms with E-state index in [-0.39, 0.29) is 36.7 Å². The molecular formula is C22H22ClN3O6S. The van der Waals surface area contributed by atoms with Gasteiger partial charge in [-0.25, -0.2) is 17.8 Å². The van der Waals surface area contributed by atoms with Gasteiger partial charge in [0.25, 0.3) is 11.5 Å². The lowest BCUT2D eigenvalue weighted by atomic mass is 10.1. The summed E-state index contributed by atoms with van der Waals surface area (Å²) in [6.45, 7) is 0.451. The number of hydrogen-bond acceptors (Lipinski definition) is 6. The number of rotatable bonds is 9. The maximum absolute atomic E-state index is 13.1. The molecule has 1 N–H and O–H groups in total. The molecule has 11 heteroatoms. The normalized spacial score (nSPS) is 11.0. The van der Waals surface area contributed by atoms with Crippen molar-refractivity contribution in [1.82, 2.24) is 14.5 Å². The zero-order valence-corrected chi connectivity index (χ0v) is 19.3. The summed E-state index contributed by atoms with van der Waals surface area (Å²) in [4.78, 5) is 38.9. The molecule has 0 atom stereocenters. The molecule has 1 aromatic heterocycles. The summed E-state index contributed by atoms with van der Waals surface area (Å²) in [5.41, 5.74) is -0.0191. The minimum Gasteiger partial charge on any atom is -0.383 e. The number of thiol groups is 1. The monoisotopic (exact) mass is 491 g/mol. The fourth-order valence-corrected chi connectivity index (χ4v) is 3.83. The van der Waals surface area contributed by atoms with Gasteiger partial charge in [0.05, 0.1) is 24.6 Å². The third-order valence-corrected chi connectivity index (χ3v) is 5.65. The Hall–Kier alpha value is -3.21. The first kappa shape index (κ1) is 24.4. The topological polar surface area (TPSA) is 116 Å². The summed E-state index contributed by atoms with van der Waals surface area (Å²) >= 11 is 6.02. The van der Waals surface area contributed by atoms with E-state index in [1.165, 1.54) is 23.9 Å². The summed E-state index contributed by atoms with van der Waals surface area (Å²) < 4.78 is 28.8. The third-order valence-electron chi connectivity index (χ3n) is 4.79. The molecule has 1 heterocycles. The Morgan fingerprint density at radius 2 is 1.79 bits per heavy atom. The number of nitrogens with zero attached hydrogens (tertiary/aromatic N) is 2. The van der Waals surface area contributed by atoms with Gasteiger partial charge in [0.1, 0.15) is 16.3 Å². The minimum absolute atomic E-state index is 0.0615. The summed E-state index contributed by atoms with van der Waals surface area (Å²) in [6, 6.07) is 12.9. The van der Waals surface area contributed by atoms with Gasteiger partial charge in [-0.15, -0.1) is 0 Å². The summed E-state index contributed by atoms with van der Waals surface area (Å²) in [5, 5.41) is 3.00. The molecule has 0 saturated carbocycles. The van der Waals surface area contributed by atoms with Crippen LogP contribution in [0.2, 0.25) is 5.02 Å². The van der Waals surface area contributed by atoms with Crippen LogP contribution in [0.5, 0.6) is 0 Å². The first-order valence-electron chi connectivity index (χ1n) is 9.89. The highest BCUT2D eigenvalue weighted by molar-refractivity contribution is 7.71. The van der Waals surface area contributed by atoms with E-state index in [4.69, 9.17) is 16.3 Å². The van der Waals surface area contributed by atoms with Gasteiger partial charge in [-0.1, -0.05) is 41.9 Å². The van der Waals surface area contributed by atoms with Gasteiger partial charge in [-0.2, -0.15) is 0 Å². The first-order valence-corrected chi connectivity index (χ1v) is 11.6. The number of ether oxygens (including phenoxy) is 1. The highest BCUT2D eigenvalue weighted by atomic mass is 35.5. The fourth-order valence-electron chi connectivity index (χ4n) is 3.14. The molecule has 33 heavy (non-hydrogen) atoms. The molecule has 0 bridgehead atoms. The zero-order valence-electron chi connectivity index (χ0n) is 17.7. The third kappa shape index (κ3) is 6.19. The van der Waals surface area contributed by atoms with Crippen molar-refractivity contribution in [3.63, 3.8) is 0 Å². The van der Waals surface area contributed by atoms with Crippen LogP contribution in [0.3, 0.4) is 0 Å². The van der Waals surface area contributed by atoms with E-state index in [0.717, 1.165) is 10.1 Å². The molecule has 0 aliphatic rings. The fraction of sp³-hybridized carbons (Fsp3) is 0.227. The Kier molecular flexibility index (Phi) is 8.21. The molecule has 0 radical (unpaired) electrons. The average Bonchev–Trinajstić information content (AvgIpc) is 2.78. The van der Waals surface area contributed by atoms with E-state index in [9.17, 15) is 22.8 Å². The number of hydrogen-bond donors (Lipinski definition) is 2. The number of aromatic nitrogens is 2. The van der Waals surface area contributed by atoms with Crippen LogP contribution >= 0.6 is 11.6 Å². The van der Waals surface area contributed by atoms with Crippen LogP contribution in [0.15, 0.2) is 64.3 Å². The van der Waals surface area contributed by atoms with Crippen molar-refractivity contribution in [2.45, 2.75) is 18.8 Å². The maximum Gasteiger partial charge on any atom is 0.335 e. The van der Waals surface area contributed by atoms with Crippen molar-refractivity contribution < 1.29 is 17.9 Å². The van der Waals surface area contributed by atoms with E-state index >= 15 is 0 Å². The Labute approximate surface area is 196 Å². The van der Waals surface area contributed by atoms with Gasteiger partial charge < -0.3 is 10.1 Å². The molecule has 0 unspecified atom stereocenters. The van der Waals surface area contributed by atoms with Gasteiger partial charge in [0.15, 0.2) is 0 Å². The van der Waals surface area contributed by atoms with Crippen LogP contribution in [-0.4, -0.2) is 37.2 Å². The van der Waals surface area contributed by atoms with E-state index in [0.29, 0.717) is 10.6 Å². The van der Waals surface area contributed by atoms with Crippen molar-refractivity contribution in [2.75, 3.05) is 13.7 Å². The maximum atomic E-state index is 13.1. The van der Waals surface area contributed by atoms with Crippen LogP contribution < -0.4 is 16.6 Å². The zero-order chi connectivity index (χ0) is 24.0. The van der Waals surface area contributed by atoms with E-state index in [1.807, 2.05) is 0 Å². The Morgan fingerprint density at radius 1 is 1.09 bits per heavy atom. The highest BCUT2D eigenvalue weighted by Crippen LogP contribution is 2.12. The lowest BCUT2D eigenvalue weighted by Gasteiger charge is -2.13. The lowest BCUT2D eigenvalue weighted by molar-refractivity contribution is 0.0947. The van der Waals surface area contributed by atoms with E-state index in [2.05, 4.69) is 5.32 Å². The molecule has 9 nitrogen and oxygen atoms in total. The van der Waals surface area contributed by atoms with Crippen molar-refractivity contribution in [3.8, 4) is 5.69 Å². The Bertz CT molecular complexity index is 1340. The van der Waals surface area contributed by atoms with Crippen molar-refractivity contribution >= 4 is 28.2 Å². The van der Waals surface area contributed by atoms with Gasteiger partial charge in [-0.3, -0.25) is 14.2 Å². The number of nitrogens with one attached hydrogen (secondary N) is 1. The number of carbonyl (C=O) groups excluding carboxylic acids is 1. The van der Waals surface area contributed by atoms with E-state index < -0.39 is 27.9 Å². The molecule has 174 valence electrons. The molecule has 1 amide bonds.